The van der Waals surface area contributed by atoms with Crippen molar-refractivity contribution in [2.24, 2.45) is 5.92 Å². The van der Waals surface area contributed by atoms with E-state index < -0.39 is 10.0 Å². The van der Waals surface area contributed by atoms with E-state index in [9.17, 15) is 18.0 Å². The number of likely N-dealkylation sites (tertiary alicyclic amines) is 1. The number of nitrogens with one attached hydrogen (secondary N) is 2. The van der Waals surface area contributed by atoms with Gasteiger partial charge in [0.15, 0.2) is 0 Å². The minimum Gasteiger partial charge on any atom is -0.342 e. The van der Waals surface area contributed by atoms with Gasteiger partial charge in [0.05, 0.1) is 10.8 Å². The number of sulfonamides is 1. The van der Waals surface area contributed by atoms with Crippen LogP contribution in [-0.4, -0.2) is 44.8 Å². The maximum absolute atomic E-state index is 12.5. The summed E-state index contributed by atoms with van der Waals surface area (Å²) in [7, 11) is -3.55. The van der Waals surface area contributed by atoms with E-state index in [0.29, 0.717) is 25.3 Å². The van der Waals surface area contributed by atoms with Crippen LogP contribution in [0.1, 0.15) is 58.8 Å². The van der Waals surface area contributed by atoms with E-state index in [0.717, 1.165) is 38.5 Å². The third kappa shape index (κ3) is 7.12. The molecule has 8 heteroatoms. The van der Waals surface area contributed by atoms with Crippen LogP contribution in [0, 0.1) is 5.92 Å². The van der Waals surface area contributed by atoms with Gasteiger partial charge in [-0.3, -0.25) is 9.59 Å². The van der Waals surface area contributed by atoms with Crippen LogP contribution in [0.4, 0.5) is 5.69 Å². The quantitative estimate of drug-likeness (QED) is 0.505. The average Bonchev–Trinajstić information content (AvgIpc) is 3.07. The Kier molecular flexibility index (Phi) is 9.10. The molecule has 1 fully saturated rings. The molecule has 1 aromatic carbocycles. The van der Waals surface area contributed by atoms with Crippen molar-refractivity contribution in [3.63, 3.8) is 0 Å². The predicted octanol–water partition coefficient (Wildman–Crippen LogP) is 3.13. The number of unbranched alkanes of at least 4 members (excludes halogenated alkanes) is 4. The van der Waals surface area contributed by atoms with Crippen molar-refractivity contribution in [3.05, 3.63) is 24.3 Å². The van der Waals surface area contributed by atoms with Gasteiger partial charge >= 0.3 is 0 Å². The molecule has 2 amide bonds. The number of carbonyl (C=O) groups excluding carboxylic acids is 2. The van der Waals surface area contributed by atoms with Gasteiger partial charge in [-0.1, -0.05) is 39.5 Å². The number of rotatable bonds is 12. The Hall–Kier alpha value is -1.93. The zero-order valence-electron chi connectivity index (χ0n) is 17.4. The molecule has 162 valence electrons. The zero-order valence-corrected chi connectivity index (χ0v) is 18.3. The molecule has 0 aliphatic carbocycles. The van der Waals surface area contributed by atoms with Gasteiger partial charge in [-0.2, -0.15) is 0 Å². The normalized spacial score (nSPS) is 17.0. The molecule has 0 radical (unpaired) electrons. The first-order chi connectivity index (χ1) is 13.9. The van der Waals surface area contributed by atoms with Crippen molar-refractivity contribution in [3.8, 4) is 0 Å². The Bertz CT molecular complexity index is 778. The summed E-state index contributed by atoms with van der Waals surface area (Å²) in [4.78, 5) is 26.4. The average molecular weight is 424 g/mol. The highest BCUT2D eigenvalue weighted by Crippen LogP contribution is 2.21. The molecule has 1 heterocycles. The molecule has 0 spiro atoms. The number of amides is 2. The Morgan fingerprint density at radius 3 is 2.41 bits per heavy atom. The van der Waals surface area contributed by atoms with Crippen LogP contribution in [-0.2, 0) is 19.6 Å². The van der Waals surface area contributed by atoms with E-state index in [2.05, 4.69) is 23.9 Å². The van der Waals surface area contributed by atoms with Crippen molar-refractivity contribution < 1.29 is 18.0 Å². The zero-order chi connectivity index (χ0) is 21.3. The van der Waals surface area contributed by atoms with Gasteiger partial charge in [-0.25, -0.2) is 13.1 Å². The lowest BCUT2D eigenvalue weighted by atomic mass is 10.1. The first kappa shape index (κ1) is 23.3. The van der Waals surface area contributed by atoms with E-state index in [-0.39, 0.29) is 29.0 Å². The number of hydrogen-bond acceptors (Lipinski definition) is 4. The summed E-state index contributed by atoms with van der Waals surface area (Å²) < 4.78 is 27.3. The van der Waals surface area contributed by atoms with Crippen molar-refractivity contribution >= 4 is 27.5 Å². The van der Waals surface area contributed by atoms with E-state index >= 15 is 0 Å². The lowest BCUT2D eigenvalue weighted by molar-refractivity contribution is -0.128. The molecular formula is C21H33N3O4S. The van der Waals surface area contributed by atoms with Crippen LogP contribution in [0.25, 0.3) is 0 Å². The summed E-state index contributed by atoms with van der Waals surface area (Å²) in [6.45, 7) is 5.73. The molecule has 1 saturated heterocycles. The van der Waals surface area contributed by atoms with Crippen molar-refractivity contribution in [1.82, 2.24) is 9.62 Å². The monoisotopic (exact) mass is 423 g/mol. The number of benzene rings is 1. The number of anilines is 1. The Labute approximate surface area is 174 Å². The Morgan fingerprint density at radius 2 is 1.76 bits per heavy atom. The van der Waals surface area contributed by atoms with Crippen molar-refractivity contribution in [1.29, 1.82) is 0 Å². The minimum absolute atomic E-state index is 0.0186. The number of nitrogens with zero attached hydrogens (tertiary/aromatic N) is 1. The van der Waals surface area contributed by atoms with Crippen LogP contribution in [0.3, 0.4) is 0 Å². The van der Waals surface area contributed by atoms with Crippen molar-refractivity contribution in [2.45, 2.75) is 63.7 Å². The molecular weight excluding hydrogens is 390 g/mol. The van der Waals surface area contributed by atoms with Crippen LogP contribution < -0.4 is 10.0 Å². The summed E-state index contributed by atoms with van der Waals surface area (Å²) in [6.07, 6.45) is 6.18. The van der Waals surface area contributed by atoms with Gasteiger partial charge < -0.3 is 10.2 Å². The molecule has 1 atom stereocenters. The SMILES string of the molecule is CCCCCCNS(=O)(=O)c1ccc(NC(=O)C2CC(=O)N(CCCC)C2)cc1. The minimum atomic E-state index is -3.55. The summed E-state index contributed by atoms with van der Waals surface area (Å²) >= 11 is 0. The highest BCUT2D eigenvalue weighted by atomic mass is 32.2. The van der Waals surface area contributed by atoms with Gasteiger partial charge in [-0.05, 0) is 37.1 Å². The third-order valence-electron chi connectivity index (χ3n) is 5.12. The van der Waals surface area contributed by atoms with Gasteiger partial charge in [0.1, 0.15) is 0 Å². The molecule has 2 rings (SSSR count). The fraction of sp³-hybridized carbons (Fsp3) is 0.619. The molecule has 0 aromatic heterocycles. The van der Waals surface area contributed by atoms with Crippen LogP contribution in [0.2, 0.25) is 0 Å². The van der Waals surface area contributed by atoms with Gasteiger partial charge in [-0.15, -0.1) is 0 Å². The molecule has 7 nitrogen and oxygen atoms in total. The second-order valence-corrected chi connectivity index (χ2v) is 9.33. The smallest absolute Gasteiger partial charge is 0.240 e. The topological polar surface area (TPSA) is 95.6 Å². The highest BCUT2D eigenvalue weighted by molar-refractivity contribution is 7.89. The fourth-order valence-corrected chi connectivity index (χ4v) is 4.39. The van der Waals surface area contributed by atoms with E-state index in [1.807, 2.05) is 0 Å². The second kappa shape index (κ2) is 11.3. The molecule has 0 saturated carbocycles. The Morgan fingerprint density at radius 1 is 1.07 bits per heavy atom. The van der Waals surface area contributed by atoms with Crippen molar-refractivity contribution in [2.75, 3.05) is 25.0 Å². The third-order valence-corrected chi connectivity index (χ3v) is 6.60. The Balaban J connectivity index is 1.87. The van der Waals surface area contributed by atoms with Gasteiger partial charge in [0.2, 0.25) is 21.8 Å². The summed E-state index contributed by atoms with van der Waals surface area (Å²) in [5, 5.41) is 2.79. The van der Waals surface area contributed by atoms with Crippen LogP contribution >= 0.6 is 0 Å². The first-order valence-electron chi connectivity index (χ1n) is 10.6. The van der Waals surface area contributed by atoms with Crippen LogP contribution in [0.5, 0.6) is 0 Å². The first-order valence-corrected chi connectivity index (χ1v) is 12.0. The molecule has 1 aromatic rings. The fourth-order valence-electron chi connectivity index (χ4n) is 3.32. The molecule has 0 bridgehead atoms. The molecule has 1 aliphatic heterocycles. The standard InChI is InChI=1S/C21H33N3O4S/c1-3-5-7-8-13-22-29(27,28)19-11-9-18(10-12-19)23-21(26)17-15-20(25)24(16-17)14-6-4-2/h9-12,17,22H,3-8,13-16H2,1-2H3,(H,23,26). The summed E-state index contributed by atoms with van der Waals surface area (Å²) in [5.74, 6) is -0.556. The maximum Gasteiger partial charge on any atom is 0.240 e. The molecule has 1 aliphatic rings. The lowest BCUT2D eigenvalue weighted by Crippen LogP contribution is -2.29. The number of hydrogen-bond donors (Lipinski definition) is 2. The van der Waals surface area contributed by atoms with E-state index in [1.165, 1.54) is 12.1 Å². The molecule has 29 heavy (non-hydrogen) atoms. The highest BCUT2D eigenvalue weighted by Gasteiger charge is 2.33. The molecule has 2 N–H and O–H groups in total. The predicted molar refractivity (Wildman–Crippen MR) is 114 cm³/mol. The number of carbonyl (C=O) groups is 2. The summed E-state index contributed by atoms with van der Waals surface area (Å²) in [6, 6.07) is 6.12. The van der Waals surface area contributed by atoms with E-state index in [4.69, 9.17) is 0 Å². The van der Waals surface area contributed by atoms with E-state index in [1.54, 1.807) is 17.0 Å². The molecule has 1 unspecified atom stereocenters. The summed E-state index contributed by atoms with van der Waals surface area (Å²) in [5.41, 5.74) is 0.524. The lowest BCUT2D eigenvalue weighted by Gasteiger charge is -2.16. The maximum atomic E-state index is 12.5. The van der Waals surface area contributed by atoms with Crippen LogP contribution in [0.15, 0.2) is 29.2 Å². The van der Waals surface area contributed by atoms with Gasteiger partial charge in [0.25, 0.3) is 0 Å². The second-order valence-electron chi connectivity index (χ2n) is 7.57. The van der Waals surface area contributed by atoms with Gasteiger partial charge in [0, 0.05) is 31.7 Å². The largest absolute Gasteiger partial charge is 0.342 e.